The average Bonchev–Trinajstić information content (AvgIpc) is 2.91. The second-order valence-electron chi connectivity index (χ2n) is 3.78. The van der Waals surface area contributed by atoms with Crippen LogP contribution in [0, 0.1) is 0 Å². The maximum absolute atomic E-state index is 11.6. The van der Waals surface area contributed by atoms with Gasteiger partial charge in [0, 0.05) is 26.2 Å². The van der Waals surface area contributed by atoms with E-state index in [9.17, 15) is 9.59 Å². The summed E-state index contributed by atoms with van der Waals surface area (Å²) in [6, 6.07) is 1.40. The quantitative estimate of drug-likeness (QED) is 0.406. The topological polar surface area (TPSA) is 105 Å². The molecule has 0 bridgehead atoms. The molecule has 17 heavy (non-hydrogen) atoms. The zero-order valence-electron chi connectivity index (χ0n) is 9.34. The molecule has 0 aliphatic carbocycles. The zero-order valence-corrected chi connectivity index (χ0v) is 9.34. The van der Waals surface area contributed by atoms with E-state index in [0.29, 0.717) is 25.4 Å². The number of nitrogens with two attached hydrogens (primary N) is 1. The van der Waals surface area contributed by atoms with E-state index in [0.717, 1.165) is 0 Å². The van der Waals surface area contributed by atoms with Gasteiger partial charge in [0.15, 0.2) is 11.5 Å². The van der Waals surface area contributed by atoms with Gasteiger partial charge in [0.05, 0.1) is 6.54 Å². The number of likely N-dealkylation sites (N-methyl/N-ethyl adjacent to an activating group) is 1. The molecule has 0 aromatic carbocycles. The van der Waals surface area contributed by atoms with Crippen LogP contribution in [0.1, 0.15) is 16.2 Å². The van der Waals surface area contributed by atoms with Gasteiger partial charge >= 0.3 is 6.03 Å². The van der Waals surface area contributed by atoms with Gasteiger partial charge in [-0.25, -0.2) is 10.6 Å². The van der Waals surface area contributed by atoms with Crippen molar-refractivity contribution in [2.45, 2.75) is 6.54 Å². The van der Waals surface area contributed by atoms with Gasteiger partial charge < -0.3 is 14.3 Å². The number of urea groups is 1. The van der Waals surface area contributed by atoms with E-state index in [2.05, 4.69) is 5.16 Å². The molecule has 0 unspecified atom stereocenters. The molecule has 1 aliphatic rings. The first-order valence-corrected chi connectivity index (χ1v) is 5.08. The lowest BCUT2D eigenvalue weighted by molar-refractivity contribution is 0.0944. The molecule has 1 fully saturated rings. The van der Waals surface area contributed by atoms with Crippen LogP contribution in [0.2, 0.25) is 0 Å². The molecule has 92 valence electrons. The molecular formula is C9H13N5O3. The number of carbonyl (C=O) groups excluding carboxylic acids is 2. The van der Waals surface area contributed by atoms with Gasteiger partial charge in [-0.1, -0.05) is 5.16 Å². The molecule has 8 heteroatoms. The van der Waals surface area contributed by atoms with E-state index in [1.165, 1.54) is 6.07 Å². The second-order valence-corrected chi connectivity index (χ2v) is 3.78. The molecule has 0 radical (unpaired) electrons. The maximum atomic E-state index is 11.6. The molecule has 0 saturated carbocycles. The molecule has 1 aliphatic heterocycles. The Labute approximate surface area is 97.3 Å². The van der Waals surface area contributed by atoms with Crippen molar-refractivity contribution in [3.05, 3.63) is 17.5 Å². The van der Waals surface area contributed by atoms with E-state index in [4.69, 9.17) is 10.4 Å². The third-order valence-corrected chi connectivity index (χ3v) is 2.57. The molecule has 1 aromatic rings. The number of nitrogen functional groups attached to an aromatic ring is 1. The Bertz CT molecular complexity index is 444. The second kappa shape index (κ2) is 4.42. The number of hydrogen-bond acceptors (Lipinski definition) is 5. The average molecular weight is 239 g/mol. The highest BCUT2D eigenvalue weighted by Crippen LogP contribution is 2.12. The SMILES string of the molecule is CN1CCN(Cc2cc(C(=O)NN)no2)C1=O. The lowest BCUT2D eigenvalue weighted by Crippen LogP contribution is -2.30. The normalized spacial score (nSPS) is 15.5. The van der Waals surface area contributed by atoms with Crippen molar-refractivity contribution in [3.8, 4) is 0 Å². The van der Waals surface area contributed by atoms with Crippen molar-refractivity contribution in [3.63, 3.8) is 0 Å². The predicted octanol–water partition coefficient (Wildman–Crippen LogP) is -0.854. The Morgan fingerprint density at radius 3 is 3.00 bits per heavy atom. The Morgan fingerprint density at radius 2 is 2.41 bits per heavy atom. The van der Waals surface area contributed by atoms with Crippen molar-refractivity contribution < 1.29 is 14.1 Å². The smallest absolute Gasteiger partial charge is 0.320 e. The molecule has 2 heterocycles. The van der Waals surface area contributed by atoms with Gasteiger partial charge in [-0.15, -0.1) is 0 Å². The number of carbonyl (C=O) groups is 2. The fourth-order valence-corrected chi connectivity index (χ4v) is 1.61. The molecular weight excluding hydrogens is 226 g/mol. The monoisotopic (exact) mass is 239 g/mol. The van der Waals surface area contributed by atoms with Gasteiger partial charge in [-0.05, 0) is 0 Å². The van der Waals surface area contributed by atoms with Crippen LogP contribution in [0.4, 0.5) is 4.79 Å². The predicted molar refractivity (Wildman–Crippen MR) is 56.6 cm³/mol. The van der Waals surface area contributed by atoms with Crippen LogP contribution in [-0.4, -0.2) is 47.0 Å². The van der Waals surface area contributed by atoms with E-state index < -0.39 is 5.91 Å². The standard InChI is InChI=1S/C9H13N5O3/c1-13-2-3-14(9(13)16)5-6-4-7(12-17-6)8(15)11-10/h4H,2-3,5,10H2,1H3,(H,11,15). The summed E-state index contributed by atoms with van der Waals surface area (Å²) in [6.07, 6.45) is 0. The van der Waals surface area contributed by atoms with Crippen LogP contribution >= 0.6 is 0 Å². The van der Waals surface area contributed by atoms with Gasteiger partial charge in [0.25, 0.3) is 5.91 Å². The third-order valence-electron chi connectivity index (χ3n) is 2.57. The molecule has 3 amide bonds. The van der Waals surface area contributed by atoms with Crippen molar-refractivity contribution in [2.75, 3.05) is 20.1 Å². The first-order chi connectivity index (χ1) is 8.11. The van der Waals surface area contributed by atoms with Crippen LogP contribution in [-0.2, 0) is 6.54 Å². The first-order valence-electron chi connectivity index (χ1n) is 5.08. The number of amides is 3. The van der Waals surface area contributed by atoms with Gasteiger partial charge in [0.2, 0.25) is 0 Å². The zero-order chi connectivity index (χ0) is 12.4. The highest BCUT2D eigenvalue weighted by atomic mass is 16.5. The fraction of sp³-hybridized carbons (Fsp3) is 0.444. The lowest BCUT2D eigenvalue weighted by atomic mass is 10.3. The highest BCUT2D eigenvalue weighted by Gasteiger charge is 2.26. The van der Waals surface area contributed by atoms with E-state index >= 15 is 0 Å². The van der Waals surface area contributed by atoms with Crippen LogP contribution in [0.25, 0.3) is 0 Å². The Hall–Kier alpha value is -2.09. The number of nitrogens with zero attached hydrogens (tertiary/aromatic N) is 3. The van der Waals surface area contributed by atoms with Gasteiger partial charge in [-0.3, -0.25) is 10.2 Å². The minimum atomic E-state index is -0.523. The van der Waals surface area contributed by atoms with E-state index in [1.807, 2.05) is 5.43 Å². The largest absolute Gasteiger partial charge is 0.359 e. The highest BCUT2D eigenvalue weighted by molar-refractivity contribution is 5.91. The molecule has 0 atom stereocenters. The minimum Gasteiger partial charge on any atom is -0.359 e. The van der Waals surface area contributed by atoms with Crippen molar-refractivity contribution in [1.82, 2.24) is 20.4 Å². The summed E-state index contributed by atoms with van der Waals surface area (Å²) in [6.45, 7) is 1.62. The number of hydrogen-bond donors (Lipinski definition) is 2. The Balaban J connectivity index is 2.02. The van der Waals surface area contributed by atoms with Crippen LogP contribution in [0.3, 0.4) is 0 Å². The Kier molecular flexibility index (Phi) is 2.96. The first kappa shape index (κ1) is 11.4. The molecule has 1 saturated heterocycles. The van der Waals surface area contributed by atoms with Gasteiger partial charge in [0.1, 0.15) is 0 Å². The Morgan fingerprint density at radius 1 is 1.65 bits per heavy atom. The van der Waals surface area contributed by atoms with Crippen LogP contribution in [0.15, 0.2) is 10.6 Å². The fourth-order valence-electron chi connectivity index (χ4n) is 1.61. The van der Waals surface area contributed by atoms with E-state index in [-0.39, 0.29) is 11.7 Å². The van der Waals surface area contributed by atoms with Crippen LogP contribution < -0.4 is 11.3 Å². The molecule has 0 spiro atoms. The molecule has 2 rings (SSSR count). The number of rotatable bonds is 3. The van der Waals surface area contributed by atoms with Crippen molar-refractivity contribution in [2.24, 2.45) is 5.84 Å². The van der Waals surface area contributed by atoms with Crippen LogP contribution in [0.5, 0.6) is 0 Å². The summed E-state index contributed by atoms with van der Waals surface area (Å²) >= 11 is 0. The van der Waals surface area contributed by atoms with Crippen molar-refractivity contribution in [1.29, 1.82) is 0 Å². The van der Waals surface area contributed by atoms with E-state index in [1.54, 1.807) is 16.8 Å². The van der Waals surface area contributed by atoms with Crippen molar-refractivity contribution >= 4 is 11.9 Å². The summed E-state index contributed by atoms with van der Waals surface area (Å²) < 4.78 is 4.95. The summed E-state index contributed by atoms with van der Waals surface area (Å²) in [5.74, 6) is 4.89. The summed E-state index contributed by atoms with van der Waals surface area (Å²) in [5.41, 5.74) is 2.05. The molecule has 8 nitrogen and oxygen atoms in total. The summed E-state index contributed by atoms with van der Waals surface area (Å²) in [7, 11) is 1.73. The number of nitrogens with one attached hydrogen (secondary N) is 1. The lowest BCUT2D eigenvalue weighted by Gasteiger charge is -2.13. The summed E-state index contributed by atoms with van der Waals surface area (Å²) in [4.78, 5) is 26.0. The summed E-state index contributed by atoms with van der Waals surface area (Å²) in [5, 5.41) is 3.55. The molecule has 1 aromatic heterocycles. The number of aromatic nitrogens is 1. The minimum absolute atomic E-state index is 0.0637. The molecule has 3 N–H and O–H groups in total. The third kappa shape index (κ3) is 2.21. The number of hydrazine groups is 1. The maximum Gasteiger partial charge on any atom is 0.320 e. The van der Waals surface area contributed by atoms with Gasteiger partial charge in [-0.2, -0.15) is 0 Å².